The fourth-order valence-electron chi connectivity index (χ4n) is 1.30. The van der Waals surface area contributed by atoms with E-state index in [0.717, 1.165) is 18.5 Å². The Bertz CT molecular complexity index is 285. The Kier molecular flexibility index (Phi) is 4.11. The van der Waals surface area contributed by atoms with Crippen molar-refractivity contribution < 1.29 is 9.78 Å². The van der Waals surface area contributed by atoms with Crippen LogP contribution in [0, 0.1) is 5.92 Å². The van der Waals surface area contributed by atoms with E-state index in [2.05, 4.69) is 17.2 Å². The second kappa shape index (κ2) is 5.37. The van der Waals surface area contributed by atoms with Crippen molar-refractivity contribution >= 4 is 11.6 Å². The molecule has 1 atom stereocenters. The summed E-state index contributed by atoms with van der Waals surface area (Å²) < 4.78 is 0. The molecule has 1 aromatic heterocycles. The molecule has 0 radical (unpaired) electrons. The van der Waals surface area contributed by atoms with Crippen LogP contribution in [0.4, 0.5) is 5.69 Å². The number of amides is 1. The Labute approximate surface area is 84.6 Å². The van der Waals surface area contributed by atoms with E-state index in [4.69, 9.17) is 0 Å². The number of anilines is 1. The van der Waals surface area contributed by atoms with Crippen molar-refractivity contribution in [1.82, 2.24) is 0 Å². The minimum Gasteiger partial charge on any atom is -0.325 e. The Morgan fingerprint density at radius 2 is 2.14 bits per heavy atom. The molecule has 0 aliphatic carbocycles. The van der Waals surface area contributed by atoms with Gasteiger partial charge >= 0.3 is 0 Å². The molecule has 76 valence electrons. The minimum absolute atomic E-state index is 0.0872. The molecule has 0 aromatic carbocycles. The van der Waals surface area contributed by atoms with E-state index in [0.29, 0.717) is 0 Å². The lowest BCUT2D eigenvalue weighted by Crippen LogP contribution is -2.20. The van der Waals surface area contributed by atoms with Gasteiger partial charge in [-0.15, -0.1) is 0 Å². The Morgan fingerprint density at radius 3 is 2.71 bits per heavy atom. The third-order valence-electron chi connectivity index (χ3n) is 2.16. The second-order valence-electron chi connectivity index (χ2n) is 3.47. The molecule has 0 saturated heterocycles. The van der Waals surface area contributed by atoms with E-state index in [9.17, 15) is 4.79 Å². The van der Waals surface area contributed by atoms with Crippen molar-refractivity contribution in [1.29, 1.82) is 0 Å². The van der Waals surface area contributed by atoms with Gasteiger partial charge in [0.15, 0.2) is 12.4 Å². The van der Waals surface area contributed by atoms with Crippen LogP contribution in [0.25, 0.3) is 0 Å². The largest absolute Gasteiger partial charge is 0.325 e. The lowest BCUT2D eigenvalue weighted by molar-refractivity contribution is -0.377. The molecule has 2 N–H and O–H groups in total. The molecule has 1 heterocycles. The van der Waals surface area contributed by atoms with Crippen LogP contribution in [-0.2, 0) is 4.79 Å². The van der Waals surface area contributed by atoms with Gasteiger partial charge in [0, 0.05) is 18.1 Å². The highest BCUT2D eigenvalue weighted by Gasteiger charge is 2.11. The highest BCUT2D eigenvalue weighted by molar-refractivity contribution is 5.92. The Hall–Kier alpha value is -1.38. The van der Waals surface area contributed by atoms with E-state index >= 15 is 0 Å². The number of aromatic nitrogens is 1. The highest BCUT2D eigenvalue weighted by atomic mass is 16.1. The molecule has 0 aliphatic heterocycles. The number of aromatic amines is 1. The summed E-state index contributed by atoms with van der Waals surface area (Å²) in [6.45, 7) is 4.04. The Balaban J connectivity index is 2.49. The van der Waals surface area contributed by atoms with Gasteiger partial charge in [0.05, 0.1) is 5.69 Å². The lowest BCUT2D eigenvalue weighted by Gasteiger charge is -2.09. The van der Waals surface area contributed by atoms with Gasteiger partial charge in [-0.25, -0.2) is 4.98 Å². The Morgan fingerprint density at radius 1 is 1.50 bits per heavy atom. The minimum atomic E-state index is 0.0872. The highest BCUT2D eigenvalue weighted by Crippen LogP contribution is 2.09. The maximum atomic E-state index is 11.6. The molecule has 3 heteroatoms. The molecule has 0 bridgehead atoms. The predicted octanol–water partition coefficient (Wildman–Crippen LogP) is 1.88. The summed E-state index contributed by atoms with van der Waals surface area (Å²) in [5.41, 5.74) is 0.844. The topological polar surface area (TPSA) is 43.2 Å². The number of H-pyrrole nitrogens is 1. The van der Waals surface area contributed by atoms with Crippen molar-refractivity contribution in [3.8, 4) is 0 Å². The summed E-state index contributed by atoms with van der Waals surface area (Å²) in [5, 5.41) is 2.87. The second-order valence-corrected chi connectivity index (χ2v) is 3.47. The van der Waals surface area contributed by atoms with Crippen molar-refractivity contribution in [3.63, 3.8) is 0 Å². The van der Waals surface area contributed by atoms with Crippen LogP contribution in [0.2, 0.25) is 0 Å². The van der Waals surface area contributed by atoms with Crippen molar-refractivity contribution in [2.45, 2.75) is 26.7 Å². The summed E-state index contributed by atoms with van der Waals surface area (Å²) in [7, 11) is 0. The zero-order chi connectivity index (χ0) is 10.4. The van der Waals surface area contributed by atoms with Crippen LogP contribution >= 0.6 is 0 Å². The van der Waals surface area contributed by atoms with Crippen LogP contribution in [0.3, 0.4) is 0 Å². The molecule has 1 rings (SSSR count). The van der Waals surface area contributed by atoms with Crippen molar-refractivity contribution in [3.05, 3.63) is 24.5 Å². The molecule has 1 amide bonds. The van der Waals surface area contributed by atoms with E-state index in [-0.39, 0.29) is 11.8 Å². The predicted molar refractivity (Wildman–Crippen MR) is 55.7 cm³/mol. The van der Waals surface area contributed by atoms with Crippen LogP contribution in [0.1, 0.15) is 26.7 Å². The van der Waals surface area contributed by atoms with Gasteiger partial charge in [-0.2, -0.15) is 0 Å². The van der Waals surface area contributed by atoms with Gasteiger partial charge in [-0.05, 0) is 6.42 Å². The third-order valence-corrected chi connectivity index (χ3v) is 2.16. The van der Waals surface area contributed by atoms with E-state index in [1.807, 2.05) is 19.1 Å². The smallest absolute Gasteiger partial charge is 0.227 e. The van der Waals surface area contributed by atoms with Gasteiger partial charge in [0.1, 0.15) is 0 Å². The molecule has 0 saturated carbocycles. The first-order chi connectivity index (χ1) is 6.74. The summed E-state index contributed by atoms with van der Waals surface area (Å²) >= 11 is 0. The number of nitrogens with one attached hydrogen (secondary N) is 2. The zero-order valence-electron chi connectivity index (χ0n) is 8.71. The molecule has 0 spiro atoms. The van der Waals surface area contributed by atoms with Gasteiger partial charge in [-0.1, -0.05) is 20.3 Å². The zero-order valence-corrected chi connectivity index (χ0v) is 8.71. The van der Waals surface area contributed by atoms with E-state index in [1.165, 1.54) is 0 Å². The average Bonchev–Trinajstić information content (AvgIpc) is 2.19. The molecule has 1 aromatic rings. The summed E-state index contributed by atoms with van der Waals surface area (Å²) in [5.74, 6) is 0.183. The maximum Gasteiger partial charge on any atom is 0.227 e. The molecule has 0 fully saturated rings. The number of pyridine rings is 1. The van der Waals surface area contributed by atoms with Gasteiger partial charge in [-0.3, -0.25) is 4.79 Å². The lowest BCUT2D eigenvalue weighted by atomic mass is 10.1. The number of carbonyl (C=O) groups is 1. The maximum absolute atomic E-state index is 11.6. The molecule has 3 nitrogen and oxygen atoms in total. The van der Waals surface area contributed by atoms with Crippen LogP contribution in [0.15, 0.2) is 24.5 Å². The number of hydrogen-bond donors (Lipinski definition) is 1. The average molecular weight is 193 g/mol. The molecule has 14 heavy (non-hydrogen) atoms. The van der Waals surface area contributed by atoms with Crippen LogP contribution < -0.4 is 10.3 Å². The first kappa shape index (κ1) is 10.7. The van der Waals surface area contributed by atoms with Crippen LogP contribution in [-0.4, -0.2) is 5.91 Å². The summed E-state index contributed by atoms with van der Waals surface area (Å²) in [4.78, 5) is 14.5. The monoisotopic (exact) mass is 193 g/mol. The van der Waals surface area contributed by atoms with Gasteiger partial charge in [0.2, 0.25) is 5.91 Å². The number of hydrogen-bond acceptors (Lipinski definition) is 1. The normalized spacial score (nSPS) is 12.1. The summed E-state index contributed by atoms with van der Waals surface area (Å²) in [6, 6.07) is 3.69. The fourth-order valence-corrected chi connectivity index (χ4v) is 1.30. The molecule has 0 aliphatic rings. The molecular weight excluding hydrogens is 176 g/mol. The first-order valence-electron chi connectivity index (χ1n) is 5.01. The summed E-state index contributed by atoms with van der Waals surface area (Å²) in [6.07, 6.45) is 5.56. The van der Waals surface area contributed by atoms with Crippen LogP contribution in [0.5, 0.6) is 0 Å². The van der Waals surface area contributed by atoms with E-state index in [1.54, 1.807) is 12.4 Å². The molecular formula is C11H17N2O+. The van der Waals surface area contributed by atoms with Gasteiger partial charge in [0.25, 0.3) is 0 Å². The first-order valence-corrected chi connectivity index (χ1v) is 5.01. The quantitative estimate of drug-likeness (QED) is 0.779. The van der Waals surface area contributed by atoms with Crippen molar-refractivity contribution in [2.24, 2.45) is 5.92 Å². The standard InChI is InChI=1S/C11H16N2O/c1-3-4-9(2)11(14)13-10-5-7-12-8-6-10/h5-9H,3-4H2,1-2H3,(H,12,13,14)/p+1. The van der Waals surface area contributed by atoms with Gasteiger partial charge < -0.3 is 5.32 Å². The SMILES string of the molecule is CCCC(C)C(=O)Nc1cc[nH+]cc1. The fraction of sp³-hybridized carbons (Fsp3) is 0.455. The van der Waals surface area contributed by atoms with Crippen molar-refractivity contribution in [2.75, 3.05) is 5.32 Å². The molecule has 1 unspecified atom stereocenters. The van der Waals surface area contributed by atoms with E-state index < -0.39 is 0 Å². The third kappa shape index (κ3) is 3.17. The number of rotatable bonds is 4. The number of carbonyl (C=O) groups excluding carboxylic acids is 1.